The molecule has 2 atom stereocenters. The highest BCUT2D eigenvalue weighted by Gasteiger charge is 2.19. The lowest BCUT2D eigenvalue weighted by Crippen LogP contribution is -2.32. The molecule has 0 spiro atoms. The third-order valence-electron chi connectivity index (χ3n) is 3.05. The topological polar surface area (TPSA) is 47.3 Å². The van der Waals surface area contributed by atoms with Gasteiger partial charge in [-0.3, -0.25) is 0 Å². The van der Waals surface area contributed by atoms with E-state index in [1.54, 1.807) is 0 Å². The van der Waals surface area contributed by atoms with Crippen LogP contribution in [0.1, 0.15) is 25.3 Å². The molecule has 3 heteroatoms. The van der Waals surface area contributed by atoms with Crippen molar-refractivity contribution in [3.63, 3.8) is 0 Å². The van der Waals surface area contributed by atoms with Gasteiger partial charge in [-0.25, -0.2) is 0 Å². The fourth-order valence-corrected chi connectivity index (χ4v) is 2.16. The molecule has 3 nitrogen and oxygen atoms in total. The lowest BCUT2D eigenvalue weighted by atomic mass is 10.0. The number of nitrogens with one attached hydrogen (secondary N) is 1. The van der Waals surface area contributed by atoms with Crippen molar-refractivity contribution in [1.29, 1.82) is 0 Å². The highest BCUT2D eigenvalue weighted by Crippen LogP contribution is 2.24. The minimum absolute atomic E-state index is 0.345. The summed E-state index contributed by atoms with van der Waals surface area (Å²) in [6, 6.07) is 6.63. The first-order valence-electron chi connectivity index (χ1n) is 5.89. The average molecular weight is 220 g/mol. The van der Waals surface area contributed by atoms with E-state index in [0.717, 1.165) is 30.8 Å². The van der Waals surface area contributed by atoms with Crippen LogP contribution in [0, 0.1) is 6.92 Å². The summed E-state index contributed by atoms with van der Waals surface area (Å²) >= 11 is 0. The Bertz CT molecular complexity index is 365. The fourth-order valence-electron chi connectivity index (χ4n) is 2.16. The van der Waals surface area contributed by atoms with Crippen LogP contribution in [0.4, 0.5) is 11.4 Å². The number of aryl methyl sites for hydroxylation is 1. The third-order valence-corrected chi connectivity index (χ3v) is 3.05. The molecule has 0 radical (unpaired) electrons. The SMILES string of the molecule is Cc1ccc(NC2CCOC(C)C2)c(N)c1. The van der Waals surface area contributed by atoms with Crippen LogP contribution in [-0.2, 0) is 4.74 Å². The molecule has 0 bridgehead atoms. The van der Waals surface area contributed by atoms with Crippen molar-refractivity contribution in [3.8, 4) is 0 Å². The van der Waals surface area contributed by atoms with Crippen molar-refractivity contribution in [3.05, 3.63) is 23.8 Å². The summed E-state index contributed by atoms with van der Waals surface area (Å²) in [5.74, 6) is 0. The molecule has 1 aromatic rings. The van der Waals surface area contributed by atoms with E-state index in [1.807, 2.05) is 6.07 Å². The lowest BCUT2D eigenvalue weighted by Gasteiger charge is -2.29. The van der Waals surface area contributed by atoms with Crippen LogP contribution in [0.15, 0.2) is 18.2 Å². The first-order valence-corrected chi connectivity index (χ1v) is 5.89. The van der Waals surface area contributed by atoms with Gasteiger partial charge in [0.15, 0.2) is 0 Å². The Labute approximate surface area is 97.0 Å². The van der Waals surface area contributed by atoms with Gasteiger partial charge in [0.25, 0.3) is 0 Å². The highest BCUT2D eigenvalue weighted by atomic mass is 16.5. The predicted molar refractivity (Wildman–Crippen MR) is 67.7 cm³/mol. The molecule has 0 amide bonds. The van der Waals surface area contributed by atoms with Gasteiger partial charge >= 0.3 is 0 Å². The van der Waals surface area contributed by atoms with Crippen molar-refractivity contribution >= 4 is 11.4 Å². The number of benzene rings is 1. The summed E-state index contributed by atoms with van der Waals surface area (Å²) < 4.78 is 5.52. The highest BCUT2D eigenvalue weighted by molar-refractivity contribution is 5.67. The number of nitrogen functional groups attached to an aromatic ring is 1. The van der Waals surface area contributed by atoms with Crippen molar-refractivity contribution < 1.29 is 4.74 Å². The Morgan fingerprint density at radius 1 is 1.44 bits per heavy atom. The van der Waals surface area contributed by atoms with E-state index >= 15 is 0 Å². The van der Waals surface area contributed by atoms with Crippen molar-refractivity contribution in [2.24, 2.45) is 0 Å². The summed E-state index contributed by atoms with van der Waals surface area (Å²) in [6.45, 7) is 5.01. The molecule has 1 fully saturated rings. The number of nitrogens with two attached hydrogens (primary N) is 1. The van der Waals surface area contributed by atoms with Crippen LogP contribution in [0.3, 0.4) is 0 Å². The van der Waals surface area contributed by atoms with Gasteiger partial charge in [-0.2, -0.15) is 0 Å². The number of anilines is 2. The lowest BCUT2D eigenvalue weighted by molar-refractivity contribution is 0.0232. The second-order valence-corrected chi connectivity index (χ2v) is 4.64. The molecule has 1 aliphatic heterocycles. The Balaban J connectivity index is 2.02. The molecule has 3 N–H and O–H groups in total. The van der Waals surface area contributed by atoms with E-state index in [0.29, 0.717) is 12.1 Å². The van der Waals surface area contributed by atoms with E-state index in [4.69, 9.17) is 10.5 Å². The van der Waals surface area contributed by atoms with E-state index in [-0.39, 0.29) is 0 Å². The summed E-state index contributed by atoms with van der Waals surface area (Å²) in [7, 11) is 0. The van der Waals surface area contributed by atoms with Gasteiger partial charge in [-0.1, -0.05) is 6.07 Å². The summed E-state index contributed by atoms with van der Waals surface area (Å²) in [4.78, 5) is 0. The summed E-state index contributed by atoms with van der Waals surface area (Å²) in [5, 5.41) is 3.50. The zero-order valence-corrected chi connectivity index (χ0v) is 9.99. The molecule has 0 aromatic heterocycles. The largest absolute Gasteiger partial charge is 0.397 e. The molecule has 2 unspecified atom stereocenters. The Morgan fingerprint density at radius 2 is 2.25 bits per heavy atom. The molecule has 0 aliphatic carbocycles. The minimum atomic E-state index is 0.345. The number of hydrogen-bond donors (Lipinski definition) is 2. The van der Waals surface area contributed by atoms with Crippen LogP contribution in [0.25, 0.3) is 0 Å². The smallest absolute Gasteiger partial charge is 0.0576 e. The summed E-state index contributed by atoms with van der Waals surface area (Å²) in [5.41, 5.74) is 9.06. The summed E-state index contributed by atoms with van der Waals surface area (Å²) in [6.07, 6.45) is 2.45. The number of hydrogen-bond acceptors (Lipinski definition) is 3. The van der Waals surface area contributed by atoms with Crippen molar-refractivity contribution in [2.75, 3.05) is 17.7 Å². The second kappa shape index (κ2) is 4.74. The maximum absolute atomic E-state index is 5.98. The zero-order chi connectivity index (χ0) is 11.5. The Morgan fingerprint density at radius 3 is 2.94 bits per heavy atom. The molecule has 0 saturated carbocycles. The van der Waals surface area contributed by atoms with Crippen LogP contribution >= 0.6 is 0 Å². The van der Waals surface area contributed by atoms with Gasteiger partial charge in [-0.15, -0.1) is 0 Å². The van der Waals surface area contributed by atoms with E-state index in [9.17, 15) is 0 Å². The van der Waals surface area contributed by atoms with Crippen LogP contribution in [-0.4, -0.2) is 18.8 Å². The quantitative estimate of drug-likeness (QED) is 0.753. The molecule has 16 heavy (non-hydrogen) atoms. The second-order valence-electron chi connectivity index (χ2n) is 4.64. The molecule has 1 heterocycles. The molecule has 1 aliphatic rings. The molecule has 1 saturated heterocycles. The molecular formula is C13H20N2O. The van der Waals surface area contributed by atoms with Gasteiger partial charge in [0, 0.05) is 12.6 Å². The standard InChI is InChI=1S/C13H20N2O/c1-9-3-4-13(12(14)7-9)15-11-5-6-16-10(2)8-11/h3-4,7,10-11,15H,5-6,8,14H2,1-2H3. The van der Waals surface area contributed by atoms with Crippen LogP contribution in [0.2, 0.25) is 0 Å². The first-order chi connectivity index (χ1) is 7.65. The Hall–Kier alpha value is -1.22. The van der Waals surface area contributed by atoms with E-state index < -0.39 is 0 Å². The fraction of sp³-hybridized carbons (Fsp3) is 0.538. The molecule has 88 valence electrons. The van der Waals surface area contributed by atoms with Gasteiger partial charge in [0.2, 0.25) is 0 Å². The van der Waals surface area contributed by atoms with Crippen LogP contribution < -0.4 is 11.1 Å². The van der Waals surface area contributed by atoms with Crippen molar-refractivity contribution in [2.45, 2.75) is 38.8 Å². The van der Waals surface area contributed by atoms with E-state index in [1.165, 1.54) is 5.56 Å². The zero-order valence-electron chi connectivity index (χ0n) is 9.99. The minimum Gasteiger partial charge on any atom is -0.397 e. The molecular weight excluding hydrogens is 200 g/mol. The van der Waals surface area contributed by atoms with Crippen LogP contribution in [0.5, 0.6) is 0 Å². The van der Waals surface area contributed by atoms with Crippen molar-refractivity contribution in [1.82, 2.24) is 0 Å². The van der Waals surface area contributed by atoms with Gasteiger partial charge < -0.3 is 15.8 Å². The number of rotatable bonds is 2. The number of ether oxygens (including phenoxy) is 1. The predicted octanol–water partition coefficient (Wildman–Crippen LogP) is 2.56. The monoisotopic (exact) mass is 220 g/mol. The van der Waals surface area contributed by atoms with Gasteiger partial charge in [-0.05, 0) is 44.4 Å². The van der Waals surface area contributed by atoms with Gasteiger partial charge in [0.1, 0.15) is 0 Å². The maximum Gasteiger partial charge on any atom is 0.0576 e. The van der Waals surface area contributed by atoms with Gasteiger partial charge in [0.05, 0.1) is 17.5 Å². The average Bonchev–Trinajstić information content (AvgIpc) is 2.22. The normalized spacial score (nSPS) is 25.4. The maximum atomic E-state index is 5.98. The molecule has 1 aromatic carbocycles. The van der Waals surface area contributed by atoms with E-state index in [2.05, 4.69) is 31.3 Å². The first kappa shape index (κ1) is 11.3. The Kier molecular flexibility index (Phi) is 3.34. The molecule has 2 rings (SSSR count). The third kappa shape index (κ3) is 2.67.